The van der Waals surface area contributed by atoms with Gasteiger partial charge in [-0.05, 0) is 33.1 Å². The van der Waals surface area contributed by atoms with Crippen LogP contribution < -0.4 is 0 Å². The summed E-state index contributed by atoms with van der Waals surface area (Å²) in [7, 11) is 0. The van der Waals surface area contributed by atoms with E-state index in [1.165, 1.54) is 32.4 Å². The van der Waals surface area contributed by atoms with Crippen LogP contribution >= 0.6 is 0 Å². The summed E-state index contributed by atoms with van der Waals surface area (Å²) < 4.78 is 0. The SMILES string of the molecule is CC(C)N1CC2CC(C1)N2C1CC1. The standard InChI is InChI=1S/C11H20N2/c1-8(2)12-6-10-5-11(7-12)13(10)9-3-4-9/h8-11H,3-7H2,1-2H3. The van der Waals surface area contributed by atoms with Gasteiger partial charge in [-0.2, -0.15) is 0 Å². The molecule has 0 aromatic heterocycles. The summed E-state index contributed by atoms with van der Waals surface area (Å²) in [5, 5.41) is 0. The number of piperazine rings is 1. The van der Waals surface area contributed by atoms with E-state index in [0.717, 1.165) is 24.2 Å². The molecule has 1 aliphatic carbocycles. The minimum Gasteiger partial charge on any atom is -0.298 e. The smallest absolute Gasteiger partial charge is 0.0245 e. The number of rotatable bonds is 2. The number of nitrogens with zero attached hydrogens (tertiary/aromatic N) is 2. The topological polar surface area (TPSA) is 6.48 Å². The number of hydrogen-bond acceptors (Lipinski definition) is 2. The van der Waals surface area contributed by atoms with Gasteiger partial charge in [0.05, 0.1) is 0 Å². The fraction of sp³-hybridized carbons (Fsp3) is 1.00. The maximum atomic E-state index is 2.80. The van der Waals surface area contributed by atoms with Crippen LogP contribution in [-0.2, 0) is 0 Å². The zero-order chi connectivity index (χ0) is 9.00. The van der Waals surface area contributed by atoms with Gasteiger partial charge in [0.15, 0.2) is 0 Å². The summed E-state index contributed by atoms with van der Waals surface area (Å²) in [6, 6.07) is 3.60. The van der Waals surface area contributed by atoms with Crippen LogP contribution in [0.4, 0.5) is 0 Å². The lowest BCUT2D eigenvalue weighted by Crippen LogP contribution is -2.69. The molecule has 0 N–H and O–H groups in total. The molecule has 3 aliphatic heterocycles. The molecule has 3 saturated heterocycles. The van der Waals surface area contributed by atoms with Gasteiger partial charge < -0.3 is 0 Å². The Labute approximate surface area is 80.9 Å². The van der Waals surface area contributed by atoms with Crippen molar-refractivity contribution in [1.29, 1.82) is 0 Å². The quantitative estimate of drug-likeness (QED) is 0.632. The first-order valence-electron chi connectivity index (χ1n) is 5.77. The van der Waals surface area contributed by atoms with Crippen LogP contribution in [-0.4, -0.2) is 47.1 Å². The molecule has 1 saturated carbocycles. The van der Waals surface area contributed by atoms with E-state index < -0.39 is 0 Å². The second-order valence-electron chi connectivity index (χ2n) is 5.27. The first-order chi connectivity index (χ1) is 6.25. The van der Waals surface area contributed by atoms with E-state index in [0.29, 0.717) is 0 Å². The predicted molar refractivity (Wildman–Crippen MR) is 53.8 cm³/mol. The maximum absolute atomic E-state index is 2.80. The van der Waals surface area contributed by atoms with Crippen LogP contribution in [0.5, 0.6) is 0 Å². The third-order valence-electron chi connectivity index (χ3n) is 3.98. The van der Waals surface area contributed by atoms with Gasteiger partial charge in [0.2, 0.25) is 0 Å². The van der Waals surface area contributed by atoms with Crippen LogP contribution in [0, 0.1) is 0 Å². The maximum Gasteiger partial charge on any atom is 0.0245 e. The Morgan fingerprint density at radius 1 is 1.00 bits per heavy atom. The molecule has 2 nitrogen and oxygen atoms in total. The van der Waals surface area contributed by atoms with Crippen molar-refractivity contribution in [3.05, 3.63) is 0 Å². The van der Waals surface area contributed by atoms with Gasteiger partial charge in [-0.15, -0.1) is 0 Å². The zero-order valence-corrected chi connectivity index (χ0v) is 8.74. The first kappa shape index (κ1) is 8.25. The molecular weight excluding hydrogens is 160 g/mol. The Kier molecular flexibility index (Phi) is 1.72. The molecule has 4 fully saturated rings. The summed E-state index contributed by atoms with van der Waals surface area (Å²) in [4.78, 5) is 5.45. The van der Waals surface area contributed by atoms with Crippen molar-refractivity contribution in [1.82, 2.24) is 9.80 Å². The van der Waals surface area contributed by atoms with Crippen molar-refractivity contribution in [3.63, 3.8) is 0 Å². The third kappa shape index (κ3) is 1.23. The fourth-order valence-corrected chi connectivity index (χ4v) is 3.06. The normalized spacial score (nSPS) is 40.8. The molecule has 4 rings (SSSR count). The van der Waals surface area contributed by atoms with E-state index in [2.05, 4.69) is 23.6 Å². The lowest BCUT2D eigenvalue weighted by molar-refractivity contribution is -0.0834. The first-order valence-corrected chi connectivity index (χ1v) is 5.77. The number of hydrogen-bond donors (Lipinski definition) is 0. The Hall–Kier alpha value is -0.0800. The van der Waals surface area contributed by atoms with E-state index in [4.69, 9.17) is 0 Å². The highest BCUT2D eigenvalue weighted by Crippen LogP contribution is 2.42. The van der Waals surface area contributed by atoms with Crippen molar-refractivity contribution in [2.24, 2.45) is 0 Å². The highest BCUT2D eigenvalue weighted by molar-refractivity contribution is 5.06. The van der Waals surface area contributed by atoms with E-state index >= 15 is 0 Å². The molecule has 74 valence electrons. The van der Waals surface area contributed by atoms with Crippen molar-refractivity contribution in [2.75, 3.05) is 13.1 Å². The largest absolute Gasteiger partial charge is 0.298 e. The summed E-state index contributed by atoms with van der Waals surface area (Å²) in [5.41, 5.74) is 0. The van der Waals surface area contributed by atoms with Crippen LogP contribution in [0.25, 0.3) is 0 Å². The summed E-state index contributed by atoms with van der Waals surface area (Å²) in [6.07, 6.45) is 4.45. The minimum absolute atomic E-state index is 0.756. The Bertz CT molecular complexity index is 198. The molecule has 2 heteroatoms. The molecule has 0 radical (unpaired) electrons. The van der Waals surface area contributed by atoms with Crippen molar-refractivity contribution in [3.8, 4) is 0 Å². The van der Waals surface area contributed by atoms with E-state index in [1.54, 1.807) is 0 Å². The minimum atomic E-state index is 0.756. The summed E-state index contributed by atoms with van der Waals surface area (Å²) in [5.74, 6) is 0. The van der Waals surface area contributed by atoms with E-state index in [9.17, 15) is 0 Å². The van der Waals surface area contributed by atoms with Crippen LogP contribution in [0.2, 0.25) is 0 Å². The third-order valence-corrected chi connectivity index (χ3v) is 3.98. The monoisotopic (exact) mass is 180 g/mol. The molecule has 2 bridgehead atoms. The van der Waals surface area contributed by atoms with Gasteiger partial charge in [0.25, 0.3) is 0 Å². The van der Waals surface area contributed by atoms with E-state index in [1.807, 2.05) is 0 Å². The van der Waals surface area contributed by atoms with Crippen LogP contribution in [0.1, 0.15) is 33.1 Å². The van der Waals surface area contributed by atoms with Gasteiger partial charge in [-0.3, -0.25) is 9.80 Å². The van der Waals surface area contributed by atoms with Gasteiger partial charge >= 0.3 is 0 Å². The second-order valence-corrected chi connectivity index (χ2v) is 5.27. The highest BCUT2D eigenvalue weighted by atomic mass is 15.4. The molecule has 0 spiro atoms. The van der Waals surface area contributed by atoms with Crippen molar-refractivity contribution >= 4 is 0 Å². The molecule has 0 aromatic carbocycles. The molecule has 2 atom stereocenters. The molecule has 2 unspecified atom stereocenters. The zero-order valence-electron chi connectivity index (χ0n) is 8.74. The molecule has 4 aliphatic rings. The molecule has 13 heavy (non-hydrogen) atoms. The van der Waals surface area contributed by atoms with Gasteiger partial charge in [-0.25, -0.2) is 0 Å². The van der Waals surface area contributed by atoms with Crippen molar-refractivity contribution in [2.45, 2.75) is 57.3 Å². The van der Waals surface area contributed by atoms with Crippen LogP contribution in [0.15, 0.2) is 0 Å². The second kappa shape index (κ2) is 2.71. The average molecular weight is 180 g/mol. The van der Waals surface area contributed by atoms with Gasteiger partial charge in [0, 0.05) is 37.3 Å². The lowest BCUT2D eigenvalue weighted by Gasteiger charge is -2.57. The fourth-order valence-electron chi connectivity index (χ4n) is 3.06. The van der Waals surface area contributed by atoms with E-state index in [-0.39, 0.29) is 0 Å². The molecule has 3 heterocycles. The Balaban J connectivity index is 1.64. The van der Waals surface area contributed by atoms with Crippen LogP contribution in [0.3, 0.4) is 0 Å². The molecular formula is C11H20N2. The number of piperidine rings is 1. The predicted octanol–water partition coefficient (Wildman–Crippen LogP) is 1.32. The summed E-state index contributed by atoms with van der Waals surface area (Å²) >= 11 is 0. The lowest BCUT2D eigenvalue weighted by atomic mass is 9.86. The van der Waals surface area contributed by atoms with Gasteiger partial charge in [-0.1, -0.05) is 0 Å². The van der Waals surface area contributed by atoms with Gasteiger partial charge in [0.1, 0.15) is 0 Å². The molecule has 0 aromatic rings. The summed E-state index contributed by atoms with van der Waals surface area (Å²) in [6.45, 7) is 7.33. The highest BCUT2D eigenvalue weighted by Gasteiger charge is 2.50. The Morgan fingerprint density at radius 2 is 1.62 bits per heavy atom. The Morgan fingerprint density at radius 3 is 2.08 bits per heavy atom. The van der Waals surface area contributed by atoms with Crippen molar-refractivity contribution < 1.29 is 0 Å². The molecule has 0 amide bonds. The average Bonchev–Trinajstić information content (AvgIpc) is 2.88. The number of fused-ring (bicyclic) bond motifs is 2.